The van der Waals surface area contributed by atoms with E-state index in [1.54, 1.807) is 6.07 Å². The molecule has 0 saturated carbocycles. The molecule has 0 saturated heterocycles. The summed E-state index contributed by atoms with van der Waals surface area (Å²) in [4.78, 5) is 10.3. The molecule has 4 bridgehead atoms. The van der Waals surface area contributed by atoms with Crippen molar-refractivity contribution in [3.8, 4) is 17.1 Å². The molecule has 43 heavy (non-hydrogen) atoms. The van der Waals surface area contributed by atoms with E-state index in [1.165, 1.54) is 38.5 Å². The zero-order valence-corrected chi connectivity index (χ0v) is 27.0. The van der Waals surface area contributed by atoms with Gasteiger partial charge in [0.2, 0.25) is 11.6 Å². The number of hydrogen-bond acceptors (Lipinski definition) is 7. The van der Waals surface area contributed by atoms with E-state index in [2.05, 4.69) is 75.1 Å². The third kappa shape index (κ3) is 8.32. The molecule has 2 unspecified atom stereocenters. The average molecular weight is 591 g/mol. The number of benzene rings is 2. The van der Waals surface area contributed by atoms with Gasteiger partial charge in [-0.1, -0.05) is 83.2 Å². The van der Waals surface area contributed by atoms with Gasteiger partial charge in [0.05, 0.1) is 10.6 Å². The number of nitrogens with zero attached hydrogens (tertiary/aromatic N) is 4. The van der Waals surface area contributed by atoms with Crippen LogP contribution in [0.15, 0.2) is 48.5 Å². The molecule has 3 N–H and O–H groups in total. The first-order valence-corrected chi connectivity index (χ1v) is 16.2. The van der Waals surface area contributed by atoms with Crippen LogP contribution in [0, 0.1) is 19.8 Å². The van der Waals surface area contributed by atoms with E-state index in [-0.39, 0.29) is 17.7 Å². The van der Waals surface area contributed by atoms with E-state index in [0.717, 1.165) is 35.1 Å². The Kier molecular flexibility index (Phi) is 11.5. The molecule has 0 amide bonds. The first kappa shape index (κ1) is 32.9. The van der Waals surface area contributed by atoms with Gasteiger partial charge < -0.3 is 4.74 Å². The van der Waals surface area contributed by atoms with Crippen molar-refractivity contribution in [1.29, 1.82) is 0 Å². The van der Waals surface area contributed by atoms with Gasteiger partial charge in [0, 0.05) is 42.4 Å². The van der Waals surface area contributed by atoms with E-state index in [4.69, 9.17) is 9.72 Å². The second kappa shape index (κ2) is 15.1. The summed E-state index contributed by atoms with van der Waals surface area (Å²) in [6, 6.07) is 16.0. The lowest BCUT2D eigenvalue weighted by molar-refractivity contribution is -0.273. The normalized spacial score (nSPS) is 17.7. The van der Waals surface area contributed by atoms with Crippen LogP contribution in [0.2, 0.25) is 0 Å². The maximum atomic E-state index is 11.2. The second-order valence-electron chi connectivity index (χ2n) is 12.3. The summed E-state index contributed by atoms with van der Waals surface area (Å²) < 4.78 is 6.51. The molecule has 1 aliphatic heterocycles. The number of aromatic nitrogens is 2. The van der Waals surface area contributed by atoms with Gasteiger partial charge in [0.1, 0.15) is 6.61 Å². The number of quaternary nitrogens is 1. The lowest BCUT2D eigenvalue weighted by atomic mass is 9.87. The van der Waals surface area contributed by atoms with Crippen molar-refractivity contribution in [3.63, 3.8) is 0 Å². The predicted octanol–water partition coefficient (Wildman–Crippen LogP) is 8.62. The smallest absolute Gasteiger partial charge is 0.279 e. The Morgan fingerprint density at radius 1 is 0.953 bits per heavy atom. The van der Waals surface area contributed by atoms with Crippen molar-refractivity contribution in [2.75, 3.05) is 12.0 Å². The van der Waals surface area contributed by atoms with Crippen molar-refractivity contribution in [1.82, 2.24) is 19.8 Å². The molecule has 4 rings (SSSR count). The molecule has 0 fully saturated rings. The van der Waals surface area contributed by atoms with Crippen LogP contribution in [-0.4, -0.2) is 44.0 Å². The van der Waals surface area contributed by atoms with E-state index >= 15 is 0 Å². The Bertz CT molecular complexity index is 1300. The lowest BCUT2D eigenvalue weighted by Gasteiger charge is -2.40. The Morgan fingerprint density at radius 3 is 2.28 bits per heavy atom. The van der Waals surface area contributed by atoms with Crippen LogP contribution in [-0.2, 0) is 6.54 Å². The van der Waals surface area contributed by atoms with E-state index in [1.807, 2.05) is 24.3 Å². The molecule has 1 aromatic heterocycles. The minimum Gasteiger partial charge on any atom is -0.476 e. The van der Waals surface area contributed by atoms with Crippen LogP contribution in [0.4, 0.5) is 11.6 Å². The highest BCUT2D eigenvalue weighted by molar-refractivity contribution is 5.69. The fourth-order valence-corrected chi connectivity index (χ4v) is 6.45. The third-order valence-corrected chi connectivity index (χ3v) is 8.91. The molecule has 8 nitrogen and oxygen atoms in total. The van der Waals surface area contributed by atoms with Crippen molar-refractivity contribution in [3.05, 3.63) is 65.2 Å². The molecule has 234 valence electrons. The number of fused-ring (bicyclic) bond motifs is 4. The molecule has 2 aromatic carbocycles. The number of nitrogens with one attached hydrogen (secondary N) is 1. The van der Waals surface area contributed by atoms with Gasteiger partial charge in [-0.15, -0.1) is 15.8 Å². The van der Waals surface area contributed by atoms with E-state index in [0.29, 0.717) is 36.7 Å². The summed E-state index contributed by atoms with van der Waals surface area (Å²) >= 11 is 0. The summed E-state index contributed by atoms with van der Waals surface area (Å²) in [7, 11) is 0. The quantitative estimate of drug-likeness (QED) is 0.193. The summed E-state index contributed by atoms with van der Waals surface area (Å²) in [5.74, 6) is 1.05. The van der Waals surface area contributed by atoms with Gasteiger partial charge in [0.25, 0.3) is 5.95 Å². The third-order valence-electron chi connectivity index (χ3n) is 8.91. The van der Waals surface area contributed by atoms with Crippen LogP contribution >= 0.6 is 0 Å². The van der Waals surface area contributed by atoms with Gasteiger partial charge in [-0.05, 0) is 62.6 Å². The molecule has 0 spiro atoms. The molecule has 1 aliphatic rings. The first-order chi connectivity index (χ1) is 20.7. The number of rotatable bonds is 11. The highest BCUT2D eigenvalue weighted by atomic mass is 16.9. The number of aryl methyl sites for hydroxylation is 2. The van der Waals surface area contributed by atoms with Crippen LogP contribution in [0.1, 0.15) is 95.8 Å². The molecule has 3 aromatic rings. The molecule has 0 aliphatic carbocycles. The summed E-state index contributed by atoms with van der Waals surface area (Å²) in [6.07, 6.45) is 9.26. The first-order valence-electron chi connectivity index (χ1n) is 16.2. The molecule has 2 heterocycles. The maximum absolute atomic E-state index is 11.2. The molecular formula is C35H52N5O3+. The van der Waals surface area contributed by atoms with E-state index < -0.39 is 4.92 Å². The Labute approximate surface area is 258 Å². The van der Waals surface area contributed by atoms with Crippen molar-refractivity contribution < 1.29 is 15.2 Å². The molecule has 8 heteroatoms. The maximum Gasteiger partial charge on any atom is 0.279 e. The van der Waals surface area contributed by atoms with Crippen LogP contribution in [0.5, 0.6) is 5.88 Å². The fraction of sp³-hybridized carbons (Fsp3) is 0.543. The van der Waals surface area contributed by atoms with Crippen molar-refractivity contribution in [2.24, 2.45) is 5.92 Å². The largest absolute Gasteiger partial charge is 0.476 e. The second-order valence-corrected chi connectivity index (χ2v) is 12.3. The Balaban J connectivity index is 1.82. The highest BCUT2D eigenvalue weighted by Crippen LogP contribution is 2.32. The molecular weight excluding hydrogens is 538 g/mol. The predicted molar refractivity (Wildman–Crippen MR) is 174 cm³/mol. The van der Waals surface area contributed by atoms with E-state index in [9.17, 15) is 10.4 Å². The van der Waals surface area contributed by atoms with Gasteiger partial charge in [-0.2, -0.15) is 4.98 Å². The Hall–Kier alpha value is -3.04. The fourth-order valence-electron chi connectivity index (χ4n) is 6.45. The Morgan fingerprint density at radius 2 is 1.63 bits per heavy atom. The molecule has 0 radical (unpaired) electrons. The zero-order chi connectivity index (χ0) is 31.0. The monoisotopic (exact) mass is 590 g/mol. The topological polar surface area (TPSA) is 90.7 Å². The minimum atomic E-state index is -1.58. The number of hydrogen-bond donors (Lipinski definition) is 3. The zero-order valence-electron chi connectivity index (χ0n) is 27.0. The number of anilines is 1. The number of ether oxygens (including phenoxy) is 1. The van der Waals surface area contributed by atoms with Crippen LogP contribution in [0.25, 0.3) is 11.3 Å². The van der Waals surface area contributed by atoms with Crippen LogP contribution in [0.3, 0.4) is 0 Å². The van der Waals surface area contributed by atoms with Crippen LogP contribution < -0.4 is 15.1 Å². The summed E-state index contributed by atoms with van der Waals surface area (Å²) in [5, 5.41) is 22.4. The summed E-state index contributed by atoms with van der Waals surface area (Å²) in [6.45, 7) is 14.4. The highest BCUT2D eigenvalue weighted by Gasteiger charge is 2.33. The van der Waals surface area contributed by atoms with Gasteiger partial charge >= 0.3 is 0 Å². The standard InChI is InChI=1S/C35H52N5O3/c1-7-10-18-29(19-11-8-2)27(6)39-23-28-17-13-20-31(21-28)40(41,42)38-35-36-32(34-25(4)15-12-16-26(34)5)22-33(37-35)43-24-30(39)14-9-3/h12-13,15-17,20-22,27,29-30,41-42H,7-11,14,18-19,23-24H2,1-6H3,(H,36,37,38)/q+1. The van der Waals surface area contributed by atoms with Gasteiger partial charge in [-0.3, -0.25) is 4.90 Å². The lowest BCUT2D eigenvalue weighted by Crippen LogP contribution is -2.48. The SMILES string of the molecule is CCCCC(CCCC)C(C)N1Cc2cccc(c2)[N+](O)(O)Nc2nc(cc(-c3c(C)cccc3C)n2)OCC1CCC. The average Bonchev–Trinajstić information content (AvgIpc) is 2.97. The van der Waals surface area contributed by atoms with Crippen molar-refractivity contribution >= 4 is 11.6 Å². The van der Waals surface area contributed by atoms with Crippen molar-refractivity contribution in [2.45, 2.75) is 112 Å². The molecule has 2 atom stereocenters. The van der Waals surface area contributed by atoms with Gasteiger partial charge in [-0.25, -0.2) is 4.98 Å². The van der Waals surface area contributed by atoms with Gasteiger partial charge in [0.15, 0.2) is 0 Å². The summed E-state index contributed by atoms with van der Waals surface area (Å²) in [5.41, 5.74) is 7.82. The number of unbranched alkanes of at least 4 members (excludes halogenated alkanes) is 2. The minimum absolute atomic E-state index is 0.0706.